The van der Waals surface area contributed by atoms with E-state index in [0.29, 0.717) is 24.7 Å². The number of benzene rings is 2. The molecule has 29 heavy (non-hydrogen) atoms. The smallest absolute Gasteiger partial charge is 0.256 e. The predicted octanol–water partition coefficient (Wildman–Crippen LogP) is 1.84. The lowest BCUT2D eigenvalue weighted by molar-refractivity contribution is 0.100. The molecule has 10 heteroatoms. The normalized spacial score (nSPS) is 11.2. The second kappa shape index (κ2) is 8.23. The average molecular weight is 415 g/mol. The van der Waals surface area contributed by atoms with E-state index in [9.17, 15) is 18.3 Å². The van der Waals surface area contributed by atoms with Gasteiger partial charge < -0.3 is 21.5 Å². The zero-order valence-electron chi connectivity index (χ0n) is 15.6. The van der Waals surface area contributed by atoms with Gasteiger partial charge in [-0.25, -0.2) is 8.42 Å². The van der Waals surface area contributed by atoms with Gasteiger partial charge in [0.1, 0.15) is 17.1 Å². The van der Waals surface area contributed by atoms with Crippen LogP contribution in [0, 0.1) is 0 Å². The first-order valence-corrected chi connectivity index (χ1v) is 10.6. The Balaban J connectivity index is 1.69. The lowest BCUT2D eigenvalue weighted by Gasteiger charge is -2.08. The summed E-state index contributed by atoms with van der Waals surface area (Å²) in [4.78, 5) is 12.1. The van der Waals surface area contributed by atoms with Crippen LogP contribution in [0.1, 0.15) is 21.5 Å². The molecule has 0 unspecified atom stereocenters. The Bertz CT molecular complexity index is 1110. The van der Waals surface area contributed by atoms with E-state index in [0.717, 1.165) is 17.4 Å². The molecule has 3 aromatic rings. The van der Waals surface area contributed by atoms with Crippen molar-refractivity contribution >= 4 is 27.4 Å². The zero-order chi connectivity index (χ0) is 21.0. The number of primary amides is 1. The molecule has 0 saturated heterocycles. The molecule has 1 aromatic heterocycles. The van der Waals surface area contributed by atoms with Gasteiger partial charge in [0.05, 0.1) is 4.90 Å². The van der Waals surface area contributed by atoms with Gasteiger partial charge in [-0.1, -0.05) is 24.3 Å². The van der Waals surface area contributed by atoms with Gasteiger partial charge in [-0.3, -0.25) is 9.89 Å². The number of carbonyl (C=O) groups is 1. The number of phenolic OH excluding ortho intramolecular Hbond substituents is 1. The summed E-state index contributed by atoms with van der Waals surface area (Å²) >= 11 is 0. The third-order valence-electron chi connectivity index (χ3n) is 4.23. The van der Waals surface area contributed by atoms with Crippen LogP contribution in [-0.2, 0) is 22.9 Å². The minimum Gasteiger partial charge on any atom is -0.508 e. The van der Waals surface area contributed by atoms with Crippen LogP contribution in [0.5, 0.6) is 5.75 Å². The topological polar surface area (TPSA) is 150 Å². The Labute approximate surface area is 167 Å². The van der Waals surface area contributed by atoms with Gasteiger partial charge in [0.25, 0.3) is 5.91 Å². The molecule has 0 aliphatic rings. The number of H-pyrrole nitrogens is 1. The van der Waals surface area contributed by atoms with Crippen molar-refractivity contribution in [2.75, 3.05) is 16.9 Å². The molecule has 6 N–H and O–H groups in total. The molecule has 1 heterocycles. The van der Waals surface area contributed by atoms with Gasteiger partial charge in [-0.2, -0.15) is 5.10 Å². The first-order valence-electron chi connectivity index (χ1n) is 8.67. The highest BCUT2D eigenvalue weighted by atomic mass is 32.2. The van der Waals surface area contributed by atoms with Crippen molar-refractivity contribution in [3.05, 3.63) is 65.2 Å². The number of rotatable bonds is 8. The van der Waals surface area contributed by atoms with Crippen molar-refractivity contribution in [2.45, 2.75) is 18.0 Å². The van der Waals surface area contributed by atoms with Crippen LogP contribution in [0.4, 0.5) is 11.6 Å². The van der Waals surface area contributed by atoms with Crippen LogP contribution >= 0.6 is 0 Å². The highest BCUT2D eigenvalue weighted by molar-refractivity contribution is 7.90. The highest BCUT2D eigenvalue weighted by Gasteiger charge is 2.18. The monoisotopic (exact) mass is 415 g/mol. The van der Waals surface area contributed by atoms with Gasteiger partial charge in [-0.15, -0.1) is 0 Å². The van der Waals surface area contributed by atoms with Crippen LogP contribution in [0.25, 0.3) is 0 Å². The number of amides is 1. The lowest BCUT2D eigenvalue weighted by Crippen LogP contribution is -2.16. The molecule has 0 aliphatic carbocycles. The fourth-order valence-electron chi connectivity index (χ4n) is 2.68. The number of aromatic hydroxyl groups is 1. The summed E-state index contributed by atoms with van der Waals surface area (Å²) in [6.07, 6.45) is 1.15. The number of nitrogens with zero attached hydrogens (tertiary/aromatic N) is 1. The van der Waals surface area contributed by atoms with Gasteiger partial charge in [-0.05, 0) is 35.4 Å². The number of aromatic amines is 1. The molecule has 0 radical (unpaired) electrons. The zero-order valence-corrected chi connectivity index (χ0v) is 16.5. The Morgan fingerprint density at radius 3 is 2.14 bits per heavy atom. The molecular formula is C19H21N5O4S. The van der Waals surface area contributed by atoms with Crippen LogP contribution in [0.15, 0.2) is 53.4 Å². The molecule has 0 bridgehead atoms. The fraction of sp³-hybridized carbons (Fsp3) is 0.158. The maximum Gasteiger partial charge on any atom is 0.256 e. The average Bonchev–Trinajstić information content (AvgIpc) is 3.09. The number of nitrogens with two attached hydrogens (primary N) is 1. The summed E-state index contributed by atoms with van der Waals surface area (Å²) in [6.45, 7) is 0.724. The van der Waals surface area contributed by atoms with E-state index in [1.807, 2.05) is 0 Å². The summed E-state index contributed by atoms with van der Waals surface area (Å²) in [5.74, 6) is 0.183. The Hall–Kier alpha value is -3.53. The van der Waals surface area contributed by atoms with Gasteiger partial charge in [0, 0.05) is 19.3 Å². The fourth-order valence-corrected chi connectivity index (χ4v) is 3.31. The van der Waals surface area contributed by atoms with E-state index in [4.69, 9.17) is 5.73 Å². The predicted molar refractivity (Wildman–Crippen MR) is 109 cm³/mol. The molecule has 1 amide bonds. The maximum atomic E-state index is 11.9. The highest BCUT2D eigenvalue weighted by Crippen LogP contribution is 2.22. The molecule has 0 spiro atoms. The molecule has 0 aliphatic heterocycles. The number of aromatic nitrogens is 2. The Kier molecular flexibility index (Phi) is 5.74. The summed E-state index contributed by atoms with van der Waals surface area (Å²) in [5, 5.41) is 22.3. The quantitative estimate of drug-likeness (QED) is 0.377. The van der Waals surface area contributed by atoms with Gasteiger partial charge >= 0.3 is 0 Å². The second-order valence-electron chi connectivity index (χ2n) is 6.48. The number of carbonyl (C=O) groups excluding carboxylic acids is 1. The first-order chi connectivity index (χ1) is 13.7. The van der Waals surface area contributed by atoms with E-state index in [1.165, 1.54) is 12.1 Å². The molecular weight excluding hydrogens is 394 g/mol. The number of sulfone groups is 1. The van der Waals surface area contributed by atoms with Crippen LogP contribution < -0.4 is 16.4 Å². The first kappa shape index (κ1) is 20.2. The summed E-state index contributed by atoms with van der Waals surface area (Å²) in [7, 11) is -3.25. The number of hydrogen-bond acceptors (Lipinski definition) is 7. The third-order valence-corrected chi connectivity index (χ3v) is 5.36. The molecule has 0 fully saturated rings. The Morgan fingerprint density at radius 1 is 1.03 bits per heavy atom. The van der Waals surface area contributed by atoms with Crippen molar-refractivity contribution in [1.82, 2.24) is 10.2 Å². The van der Waals surface area contributed by atoms with Crippen molar-refractivity contribution in [2.24, 2.45) is 5.73 Å². The minimum absolute atomic E-state index is 0.169. The summed E-state index contributed by atoms with van der Waals surface area (Å²) in [5.41, 5.74) is 7.41. The van der Waals surface area contributed by atoms with E-state index < -0.39 is 15.7 Å². The SMILES string of the molecule is CS(=O)(=O)c1ccc(CNc2[nH]nc(NCc3ccc(O)cc3)c2C(N)=O)cc1. The lowest BCUT2D eigenvalue weighted by atomic mass is 10.2. The van der Waals surface area contributed by atoms with Crippen molar-refractivity contribution < 1.29 is 18.3 Å². The largest absolute Gasteiger partial charge is 0.508 e. The van der Waals surface area contributed by atoms with Crippen molar-refractivity contribution in [3.8, 4) is 5.75 Å². The summed E-state index contributed by atoms with van der Waals surface area (Å²) < 4.78 is 23.1. The van der Waals surface area contributed by atoms with Crippen LogP contribution in [-0.4, -0.2) is 35.9 Å². The Morgan fingerprint density at radius 2 is 1.59 bits per heavy atom. The maximum absolute atomic E-state index is 11.9. The number of hydrogen-bond donors (Lipinski definition) is 5. The van der Waals surface area contributed by atoms with Crippen LogP contribution in [0.3, 0.4) is 0 Å². The molecule has 152 valence electrons. The van der Waals surface area contributed by atoms with Gasteiger partial charge in [0.15, 0.2) is 15.7 Å². The number of nitrogens with one attached hydrogen (secondary N) is 3. The number of phenols is 1. The summed E-state index contributed by atoms with van der Waals surface area (Å²) in [6, 6.07) is 13.1. The van der Waals surface area contributed by atoms with Crippen molar-refractivity contribution in [3.63, 3.8) is 0 Å². The molecule has 9 nitrogen and oxygen atoms in total. The van der Waals surface area contributed by atoms with Crippen molar-refractivity contribution in [1.29, 1.82) is 0 Å². The van der Waals surface area contributed by atoms with E-state index in [1.54, 1.807) is 36.4 Å². The molecule has 0 saturated carbocycles. The van der Waals surface area contributed by atoms with E-state index in [2.05, 4.69) is 20.8 Å². The molecule has 3 rings (SSSR count). The third kappa shape index (κ3) is 5.05. The van der Waals surface area contributed by atoms with Crippen LogP contribution in [0.2, 0.25) is 0 Å². The second-order valence-corrected chi connectivity index (χ2v) is 8.49. The number of anilines is 2. The van der Waals surface area contributed by atoms with E-state index >= 15 is 0 Å². The minimum atomic E-state index is -3.25. The van der Waals surface area contributed by atoms with Gasteiger partial charge in [0.2, 0.25) is 0 Å². The van der Waals surface area contributed by atoms with E-state index in [-0.39, 0.29) is 16.2 Å². The standard InChI is InChI=1S/C19H21N5O4S/c1-29(27,28)15-8-4-13(5-9-15)11-22-19-16(17(20)26)18(23-24-19)21-10-12-2-6-14(25)7-3-12/h2-9,25H,10-11H2,1H3,(H2,20,26)(H3,21,22,23,24). The molecule has 2 aromatic carbocycles. The molecule has 0 atom stereocenters.